The minimum Gasteiger partial charge on any atom is -0.387 e. The van der Waals surface area contributed by atoms with Gasteiger partial charge in [0.05, 0.1) is 12.1 Å². The Labute approximate surface area is 72.4 Å². The summed E-state index contributed by atoms with van der Waals surface area (Å²) in [7, 11) is 2.02. The third kappa shape index (κ3) is 1.36. The summed E-state index contributed by atoms with van der Waals surface area (Å²) in [6.07, 6.45) is -0.309. The summed E-state index contributed by atoms with van der Waals surface area (Å²) in [5.41, 5.74) is 1.02. The number of aliphatic hydroxyl groups excluding tert-OH is 1. The summed E-state index contributed by atoms with van der Waals surface area (Å²) in [6, 6.07) is 10.2. The van der Waals surface area contributed by atoms with E-state index in [4.69, 9.17) is 0 Å². The molecule has 1 aliphatic heterocycles. The van der Waals surface area contributed by atoms with Crippen LogP contribution < -0.4 is 0 Å². The summed E-state index contributed by atoms with van der Waals surface area (Å²) in [4.78, 5) is 2.14. The lowest BCUT2D eigenvalue weighted by Crippen LogP contribution is -2.08. The highest BCUT2D eigenvalue weighted by Crippen LogP contribution is 2.28. The van der Waals surface area contributed by atoms with Crippen molar-refractivity contribution in [1.29, 1.82) is 0 Å². The molecule has 12 heavy (non-hydrogen) atoms. The summed E-state index contributed by atoms with van der Waals surface area (Å²) in [6.45, 7) is 1.01. The molecule has 1 N–H and O–H groups in total. The van der Waals surface area contributed by atoms with E-state index in [0.29, 0.717) is 6.04 Å². The van der Waals surface area contributed by atoms with E-state index in [1.807, 2.05) is 37.4 Å². The van der Waals surface area contributed by atoms with Gasteiger partial charge in [0.2, 0.25) is 0 Å². The zero-order valence-corrected chi connectivity index (χ0v) is 7.14. The van der Waals surface area contributed by atoms with Gasteiger partial charge in [-0.15, -0.1) is 0 Å². The highest BCUT2D eigenvalue weighted by molar-refractivity contribution is 5.20. The van der Waals surface area contributed by atoms with Crippen LogP contribution in [0.25, 0.3) is 0 Å². The average molecular weight is 163 g/mol. The third-order valence-electron chi connectivity index (χ3n) is 2.41. The molecule has 2 nitrogen and oxygen atoms in total. The van der Waals surface area contributed by atoms with Gasteiger partial charge in [-0.05, 0) is 12.6 Å². The number of nitrogens with zero attached hydrogens (tertiary/aromatic N) is 1. The van der Waals surface area contributed by atoms with Gasteiger partial charge in [0.25, 0.3) is 0 Å². The Hall–Kier alpha value is -0.860. The molecule has 0 saturated carbocycles. The highest BCUT2D eigenvalue weighted by Gasteiger charge is 2.36. The fourth-order valence-corrected chi connectivity index (χ4v) is 1.46. The number of rotatable bonds is 2. The second-order valence-electron chi connectivity index (χ2n) is 3.36. The lowest BCUT2D eigenvalue weighted by Gasteiger charge is -2.08. The molecule has 3 atom stereocenters. The van der Waals surface area contributed by atoms with Gasteiger partial charge in [-0.2, -0.15) is 0 Å². The van der Waals surface area contributed by atoms with Crippen molar-refractivity contribution in [2.24, 2.45) is 0 Å². The molecule has 3 unspecified atom stereocenters. The Morgan fingerprint density at radius 2 is 2.00 bits per heavy atom. The van der Waals surface area contributed by atoms with Gasteiger partial charge < -0.3 is 5.11 Å². The van der Waals surface area contributed by atoms with E-state index in [2.05, 4.69) is 4.90 Å². The Kier molecular flexibility index (Phi) is 1.87. The molecule has 0 aromatic heterocycles. The standard InChI is InChI=1S/C10H13NO/c1-11-7-9(11)10(12)8-5-3-2-4-6-8/h2-6,9-10,12H,7H2,1H3. The van der Waals surface area contributed by atoms with Crippen LogP contribution in [0.1, 0.15) is 11.7 Å². The average Bonchev–Trinajstić information content (AvgIpc) is 2.83. The SMILES string of the molecule is CN1CC1C(O)c1ccccc1. The first kappa shape index (κ1) is 7.77. The van der Waals surface area contributed by atoms with E-state index in [1.54, 1.807) is 0 Å². The zero-order valence-electron chi connectivity index (χ0n) is 7.14. The van der Waals surface area contributed by atoms with Crippen molar-refractivity contribution in [3.8, 4) is 0 Å². The molecule has 1 fully saturated rings. The van der Waals surface area contributed by atoms with Crippen molar-refractivity contribution < 1.29 is 5.11 Å². The zero-order chi connectivity index (χ0) is 8.55. The molecule has 2 heteroatoms. The first-order valence-corrected chi connectivity index (χ1v) is 4.22. The molecule has 1 aromatic rings. The Bertz CT molecular complexity index is 260. The molecule has 1 aromatic carbocycles. The second-order valence-corrected chi connectivity index (χ2v) is 3.36. The molecule has 0 aliphatic carbocycles. The Morgan fingerprint density at radius 1 is 1.42 bits per heavy atom. The van der Waals surface area contributed by atoms with Crippen LogP contribution in [0.5, 0.6) is 0 Å². The van der Waals surface area contributed by atoms with Crippen LogP contribution in [0, 0.1) is 0 Å². The quantitative estimate of drug-likeness (QED) is 0.658. The molecule has 0 amide bonds. The smallest absolute Gasteiger partial charge is 0.0957 e. The summed E-state index contributed by atoms with van der Waals surface area (Å²) in [5, 5.41) is 9.79. The van der Waals surface area contributed by atoms with Crippen molar-refractivity contribution in [2.75, 3.05) is 13.6 Å². The summed E-state index contributed by atoms with van der Waals surface area (Å²) < 4.78 is 0. The van der Waals surface area contributed by atoms with E-state index in [1.165, 1.54) is 0 Å². The summed E-state index contributed by atoms with van der Waals surface area (Å²) >= 11 is 0. The predicted molar refractivity (Wildman–Crippen MR) is 47.8 cm³/mol. The normalized spacial score (nSPS) is 29.8. The highest BCUT2D eigenvalue weighted by atomic mass is 16.3. The monoisotopic (exact) mass is 163 g/mol. The van der Waals surface area contributed by atoms with Gasteiger partial charge in [-0.25, -0.2) is 0 Å². The second kappa shape index (κ2) is 2.88. The maximum atomic E-state index is 9.79. The molecular formula is C10H13NO. The summed E-state index contributed by atoms with van der Waals surface area (Å²) in [5.74, 6) is 0. The number of likely N-dealkylation sites (N-methyl/N-ethyl adjacent to an activating group) is 1. The number of hydrogen-bond donors (Lipinski definition) is 1. The van der Waals surface area contributed by atoms with Crippen LogP contribution in [-0.4, -0.2) is 29.6 Å². The molecule has 2 rings (SSSR count). The topological polar surface area (TPSA) is 23.2 Å². The lowest BCUT2D eigenvalue weighted by atomic mass is 10.1. The molecule has 64 valence electrons. The first-order valence-electron chi connectivity index (χ1n) is 4.22. The fourth-order valence-electron chi connectivity index (χ4n) is 1.46. The van der Waals surface area contributed by atoms with Crippen molar-refractivity contribution in [2.45, 2.75) is 12.1 Å². The van der Waals surface area contributed by atoms with E-state index < -0.39 is 0 Å². The van der Waals surface area contributed by atoms with Crippen LogP contribution in [0.4, 0.5) is 0 Å². The van der Waals surface area contributed by atoms with E-state index in [0.717, 1.165) is 12.1 Å². The largest absolute Gasteiger partial charge is 0.387 e. The van der Waals surface area contributed by atoms with Gasteiger partial charge in [-0.3, -0.25) is 4.90 Å². The van der Waals surface area contributed by atoms with Gasteiger partial charge in [0.15, 0.2) is 0 Å². The molecule has 1 aliphatic rings. The number of aliphatic hydroxyl groups is 1. The molecule has 0 radical (unpaired) electrons. The van der Waals surface area contributed by atoms with Gasteiger partial charge in [-0.1, -0.05) is 30.3 Å². The van der Waals surface area contributed by atoms with Crippen LogP contribution >= 0.6 is 0 Å². The van der Waals surface area contributed by atoms with Crippen LogP contribution in [-0.2, 0) is 0 Å². The molecule has 1 heterocycles. The minimum absolute atomic E-state index is 0.309. The van der Waals surface area contributed by atoms with Crippen molar-refractivity contribution in [3.05, 3.63) is 35.9 Å². The fraction of sp³-hybridized carbons (Fsp3) is 0.400. The Balaban J connectivity index is 2.10. The molecule has 0 spiro atoms. The third-order valence-corrected chi connectivity index (χ3v) is 2.41. The lowest BCUT2D eigenvalue weighted by molar-refractivity contribution is 0.162. The minimum atomic E-state index is -0.309. The van der Waals surface area contributed by atoms with E-state index in [-0.39, 0.29) is 6.10 Å². The maximum absolute atomic E-state index is 9.79. The van der Waals surface area contributed by atoms with Crippen molar-refractivity contribution >= 4 is 0 Å². The van der Waals surface area contributed by atoms with Crippen LogP contribution in [0.3, 0.4) is 0 Å². The molecule has 0 bridgehead atoms. The van der Waals surface area contributed by atoms with Crippen LogP contribution in [0.2, 0.25) is 0 Å². The predicted octanol–water partition coefficient (Wildman–Crippen LogP) is 1.03. The number of hydrogen-bond acceptors (Lipinski definition) is 2. The van der Waals surface area contributed by atoms with Gasteiger partial charge >= 0.3 is 0 Å². The van der Waals surface area contributed by atoms with E-state index in [9.17, 15) is 5.11 Å². The van der Waals surface area contributed by atoms with Crippen LogP contribution in [0.15, 0.2) is 30.3 Å². The van der Waals surface area contributed by atoms with Crippen molar-refractivity contribution in [1.82, 2.24) is 4.90 Å². The maximum Gasteiger partial charge on any atom is 0.0957 e. The van der Waals surface area contributed by atoms with Gasteiger partial charge in [0, 0.05) is 6.54 Å². The Morgan fingerprint density at radius 3 is 2.50 bits per heavy atom. The molecule has 1 saturated heterocycles. The number of benzene rings is 1. The van der Waals surface area contributed by atoms with E-state index >= 15 is 0 Å². The van der Waals surface area contributed by atoms with Crippen molar-refractivity contribution in [3.63, 3.8) is 0 Å². The first-order chi connectivity index (χ1) is 5.79. The van der Waals surface area contributed by atoms with Gasteiger partial charge in [0.1, 0.15) is 0 Å². The molecular weight excluding hydrogens is 150 g/mol.